The number of hydrogen-bond acceptors (Lipinski definition) is 3. The second kappa shape index (κ2) is 6.39. The lowest BCUT2D eigenvalue weighted by molar-refractivity contribution is 0.179. The lowest BCUT2D eigenvalue weighted by Crippen LogP contribution is -2.29. The van der Waals surface area contributed by atoms with Crippen LogP contribution >= 0.6 is 0 Å². The van der Waals surface area contributed by atoms with Gasteiger partial charge in [-0.25, -0.2) is 4.39 Å². The number of nitrogens with two attached hydrogens (primary N) is 1. The molecule has 0 saturated carbocycles. The smallest absolute Gasteiger partial charge is 0.138 e. The fourth-order valence-corrected chi connectivity index (χ4v) is 1.95. The van der Waals surface area contributed by atoms with E-state index in [0.717, 1.165) is 5.56 Å². The van der Waals surface area contributed by atoms with Crippen LogP contribution in [0.1, 0.15) is 18.6 Å². The molecule has 4 heteroatoms. The molecule has 0 saturated heterocycles. The lowest BCUT2D eigenvalue weighted by Gasteiger charge is -2.23. The van der Waals surface area contributed by atoms with Gasteiger partial charge in [0.25, 0.3) is 0 Å². The normalized spacial score (nSPS) is 13.6. The van der Waals surface area contributed by atoms with E-state index in [2.05, 4.69) is 0 Å². The summed E-state index contributed by atoms with van der Waals surface area (Å²) in [5.41, 5.74) is 6.81. The first-order valence-electron chi connectivity index (χ1n) is 6.42. The number of ether oxygens (including phenoxy) is 2. The van der Waals surface area contributed by atoms with E-state index >= 15 is 0 Å². The molecule has 0 aromatic heterocycles. The first-order chi connectivity index (χ1) is 9.60. The van der Waals surface area contributed by atoms with Gasteiger partial charge in [0, 0.05) is 12.1 Å². The maximum absolute atomic E-state index is 13.0. The molecule has 3 nitrogen and oxygen atoms in total. The molecule has 0 heterocycles. The van der Waals surface area contributed by atoms with Crippen molar-refractivity contribution in [2.75, 3.05) is 7.11 Å². The highest BCUT2D eigenvalue weighted by molar-refractivity contribution is 5.34. The van der Waals surface area contributed by atoms with Gasteiger partial charge < -0.3 is 15.2 Å². The summed E-state index contributed by atoms with van der Waals surface area (Å²) < 4.78 is 24.1. The maximum atomic E-state index is 13.0. The van der Waals surface area contributed by atoms with Crippen LogP contribution in [0.15, 0.2) is 48.5 Å². The maximum Gasteiger partial charge on any atom is 0.138 e. The third-order valence-corrected chi connectivity index (χ3v) is 2.98. The second-order valence-corrected chi connectivity index (χ2v) is 4.63. The molecular weight excluding hydrogens is 257 g/mol. The minimum atomic E-state index is -0.345. The molecule has 0 fully saturated rings. The van der Waals surface area contributed by atoms with Crippen LogP contribution in [0.2, 0.25) is 0 Å². The van der Waals surface area contributed by atoms with Crippen LogP contribution in [-0.4, -0.2) is 13.2 Å². The van der Waals surface area contributed by atoms with Crippen LogP contribution in [-0.2, 0) is 0 Å². The molecule has 20 heavy (non-hydrogen) atoms. The Balaban J connectivity index is 2.23. The predicted molar refractivity (Wildman–Crippen MR) is 76.4 cm³/mol. The first kappa shape index (κ1) is 14.3. The number of hydrogen-bond donors (Lipinski definition) is 1. The topological polar surface area (TPSA) is 44.5 Å². The van der Waals surface area contributed by atoms with Crippen molar-refractivity contribution in [3.8, 4) is 11.5 Å². The Morgan fingerprint density at radius 2 is 1.70 bits per heavy atom. The van der Waals surface area contributed by atoms with Gasteiger partial charge in [-0.1, -0.05) is 18.2 Å². The standard InChI is InChI=1S/C16H18FNO2/c1-11(18)16(12-6-8-13(17)9-7-12)20-15-5-3-4-14(10-15)19-2/h3-11,16H,18H2,1-2H3. The molecule has 2 atom stereocenters. The summed E-state index contributed by atoms with van der Waals surface area (Å²) in [6.07, 6.45) is -0.345. The van der Waals surface area contributed by atoms with Crippen molar-refractivity contribution in [3.63, 3.8) is 0 Å². The third-order valence-electron chi connectivity index (χ3n) is 2.98. The van der Waals surface area contributed by atoms with Crippen LogP contribution in [0, 0.1) is 5.82 Å². The van der Waals surface area contributed by atoms with Crippen molar-refractivity contribution < 1.29 is 13.9 Å². The van der Waals surface area contributed by atoms with Crippen molar-refractivity contribution in [2.24, 2.45) is 5.73 Å². The first-order valence-corrected chi connectivity index (χ1v) is 6.42. The molecule has 2 N–H and O–H groups in total. The van der Waals surface area contributed by atoms with Gasteiger partial charge in [-0.2, -0.15) is 0 Å². The molecule has 0 spiro atoms. The van der Waals surface area contributed by atoms with Crippen LogP contribution < -0.4 is 15.2 Å². The molecule has 0 aliphatic heterocycles. The summed E-state index contributed by atoms with van der Waals surface area (Å²) in [7, 11) is 1.60. The molecule has 0 radical (unpaired) electrons. The molecule has 0 aliphatic carbocycles. The number of rotatable bonds is 5. The van der Waals surface area contributed by atoms with Gasteiger partial charge in [0.15, 0.2) is 0 Å². The molecular formula is C16H18FNO2. The van der Waals surface area contributed by atoms with Crippen LogP contribution in [0.5, 0.6) is 11.5 Å². The fourth-order valence-electron chi connectivity index (χ4n) is 1.95. The summed E-state index contributed by atoms with van der Waals surface area (Å²) in [6, 6.07) is 13.3. The predicted octanol–water partition coefficient (Wildman–Crippen LogP) is 3.30. The molecule has 2 rings (SSSR count). The van der Waals surface area contributed by atoms with Crippen LogP contribution in [0.4, 0.5) is 4.39 Å². The Morgan fingerprint density at radius 1 is 1.05 bits per heavy atom. The van der Waals surface area contributed by atoms with E-state index in [0.29, 0.717) is 11.5 Å². The summed E-state index contributed by atoms with van der Waals surface area (Å²) in [4.78, 5) is 0. The van der Waals surface area contributed by atoms with Crippen LogP contribution in [0.25, 0.3) is 0 Å². The SMILES string of the molecule is COc1cccc(OC(c2ccc(F)cc2)C(C)N)c1. The largest absolute Gasteiger partial charge is 0.497 e. The quantitative estimate of drug-likeness (QED) is 0.910. The molecule has 0 amide bonds. The summed E-state index contributed by atoms with van der Waals surface area (Å²) >= 11 is 0. The van der Waals surface area contributed by atoms with Gasteiger partial charge in [-0.05, 0) is 36.8 Å². The second-order valence-electron chi connectivity index (χ2n) is 4.63. The molecule has 2 aromatic rings. The highest BCUT2D eigenvalue weighted by Gasteiger charge is 2.18. The Bertz CT molecular complexity index is 555. The summed E-state index contributed by atoms with van der Waals surface area (Å²) in [5, 5.41) is 0. The van der Waals surface area contributed by atoms with Gasteiger partial charge in [0.2, 0.25) is 0 Å². The minimum absolute atomic E-state index is 0.230. The third kappa shape index (κ3) is 3.48. The summed E-state index contributed by atoms with van der Waals surface area (Å²) in [6.45, 7) is 1.86. The van der Waals surface area contributed by atoms with Crippen LogP contribution in [0.3, 0.4) is 0 Å². The van der Waals surface area contributed by atoms with E-state index in [1.807, 2.05) is 25.1 Å². The fraction of sp³-hybridized carbons (Fsp3) is 0.250. The lowest BCUT2D eigenvalue weighted by atomic mass is 10.0. The van der Waals surface area contributed by atoms with E-state index in [1.165, 1.54) is 12.1 Å². The van der Waals surface area contributed by atoms with E-state index in [-0.39, 0.29) is 18.0 Å². The van der Waals surface area contributed by atoms with Crippen molar-refractivity contribution >= 4 is 0 Å². The Morgan fingerprint density at radius 3 is 2.30 bits per heavy atom. The number of halogens is 1. The van der Waals surface area contributed by atoms with E-state index < -0.39 is 0 Å². The van der Waals surface area contributed by atoms with E-state index in [4.69, 9.17) is 15.2 Å². The zero-order valence-electron chi connectivity index (χ0n) is 11.5. The summed E-state index contributed by atoms with van der Waals surface area (Å²) in [5.74, 6) is 1.10. The minimum Gasteiger partial charge on any atom is -0.497 e. The van der Waals surface area contributed by atoms with Crippen molar-refractivity contribution in [2.45, 2.75) is 19.1 Å². The molecule has 0 aliphatic rings. The zero-order chi connectivity index (χ0) is 14.5. The van der Waals surface area contributed by atoms with Crippen molar-refractivity contribution in [1.82, 2.24) is 0 Å². The number of methoxy groups -OCH3 is 1. The monoisotopic (exact) mass is 275 g/mol. The Kier molecular flexibility index (Phi) is 4.58. The van der Waals surface area contributed by atoms with Gasteiger partial charge in [0.1, 0.15) is 23.4 Å². The van der Waals surface area contributed by atoms with Crippen molar-refractivity contribution in [1.29, 1.82) is 0 Å². The average molecular weight is 275 g/mol. The average Bonchev–Trinajstić information content (AvgIpc) is 2.46. The van der Waals surface area contributed by atoms with Gasteiger partial charge in [-0.15, -0.1) is 0 Å². The molecule has 2 unspecified atom stereocenters. The molecule has 2 aromatic carbocycles. The molecule has 106 valence electrons. The zero-order valence-corrected chi connectivity index (χ0v) is 11.5. The molecule has 0 bridgehead atoms. The van der Waals surface area contributed by atoms with Gasteiger partial charge in [0.05, 0.1) is 7.11 Å². The Labute approximate surface area is 118 Å². The number of benzene rings is 2. The highest BCUT2D eigenvalue weighted by Crippen LogP contribution is 2.27. The van der Waals surface area contributed by atoms with E-state index in [1.54, 1.807) is 25.3 Å². The van der Waals surface area contributed by atoms with Gasteiger partial charge in [-0.3, -0.25) is 0 Å². The Hall–Kier alpha value is -2.07. The van der Waals surface area contributed by atoms with Crippen molar-refractivity contribution in [3.05, 3.63) is 59.9 Å². The van der Waals surface area contributed by atoms with Gasteiger partial charge >= 0.3 is 0 Å². The highest BCUT2D eigenvalue weighted by atomic mass is 19.1. The van der Waals surface area contributed by atoms with E-state index in [9.17, 15) is 4.39 Å².